The molecule has 0 amide bonds. The molecule has 5 heteroatoms. The predicted octanol–water partition coefficient (Wildman–Crippen LogP) is 2.96. The molecule has 0 aromatic heterocycles. The van der Waals surface area contributed by atoms with Gasteiger partial charge in [-0.2, -0.15) is 0 Å². The Morgan fingerprint density at radius 3 is 2.76 bits per heavy atom. The fourth-order valence-electron chi connectivity index (χ4n) is 3.72. The number of ether oxygens (including phenoxy) is 2. The Morgan fingerprint density at radius 1 is 1.36 bits per heavy atom. The van der Waals surface area contributed by atoms with Gasteiger partial charge >= 0.3 is 5.97 Å². The van der Waals surface area contributed by atoms with Crippen LogP contribution in [0.25, 0.3) is 0 Å². The molecule has 3 atom stereocenters. The number of esters is 1. The molecule has 0 bridgehead atoms. The first kappa shape index (κ1) is 19.7. The zero-order chi connectivity index (χ0) is 18.4. The molecular formula is C20H31NO4. The Morgan fingerprint density at radius 2 is 2.12 bits per heavy atom. The molecule has 1 N–H and O–H groups in total. The molecular weight excluding hydrogens is 318 g/mol. The highest BCUT2D eigenvalue weighted by Gasteiger charge is 2.45. The van der Waals surface area contributed by atoms with Gasteiger partial charge < -0.3 is 19.5 Å². The maximum absolute atomic E-state index is 11.9. The van der Waals surface area contributed by atoms with Gasteiger partial charge in [-0.3, -0.25) is 4.79 Å². The van der Waals surface area contributed by atoms with Crippen molar-refractivity contribution in [3.63, 3.8) is 0 Å². The van der Waals surface area contributed by atoms with Gasteiger partial charge in [0.25, 0.3) is 0 Å². The maximum atomic E-state index is 11.9. The van der Waals surface area contributed by atoms with Crippen molar-refractivity contribution in [2.45, 2.75) is 50.7 Å². The molecule has 1 saturated carbocycles. The lowest BCUT2D eigenvalue weighted by Gasteiger charge is -2.44. The van der Waals surface area contributed by atoms with Gasteiger partial charge in [0.15, 0.2) is 0 Å². The molecule has 1 aliphatic carbocycles. The minimum atomic E-state index is -1.03. The first-order valence-corrected chi connectivity index (χ1v) is 9.10. The summed E-state index contributed by atoms with van der Waals surface area (Å²) in [5.74, 6) is 0.627. The lowest BCUT2D eigenvalue weighted by atomic mass is 9.70. The van der Waals surface area contributed by atoms with Crippen LogP contribution in [0.3, 0.4) is 0 Å². The topological polar surface area (TPSA) is 59.0 Å². The molecule has 0 spiro atoms. The monoisotopic (exact) mass is 349 g/mol. The minimum Gasteiger partial charge on any atom is -0.497 e. The van der Waals surface area contributed by atoms with Crippen molar-refractivity contribution in [1.29, 1.82) is 0 Å². The summed E-state index contributed by atoms with van der Waals surface area (Å²) in [6.07, 6.45) is 2.99. The molecule has 1 fully saturated rings. The van der Waals surface area contributed by atoms with Crippen LogP contribution in [0, 0.1) is 5.92 Å². The van der Waals surface area contributed by atoms with E-state index in [2.05, 4.69) is 4.90 Å². The fourth-order valence-corrected chi connectivity index (χ4v) is 3.72. The summed E-state index contributed by atoms with van der Waals surface area (Å²) in [6.45, 7) is 2.74. The van der Waals surface area contributed by atoms with Gasteiger partial charge in [-0.1, -0.05) is 19.1 Å². The number of rotatable bonds is 7. The van der Waals surface area contributed by atoms with Crippen molar-refractivity contribution in [3.8, 4) is 5.75 Å². The summed E-state index contributed by atoms with van der Waals surface area (Å²) >= 11 is 0. The number of nitrogens with zero attached hydrogens (tertiary/aromatic N) is 1. The van der Waals surface area contributed by atoms with Gasteiger partial charge in [0.05, 0.1) is 12.7 Å². The van der Waals surface area contributed by atoms with Gasteiger partial charge in [0.2, 0.25) is 0 Å². The van der Waals surface area contributed by atoms with Crippen molar-refractivity contribution in [1.82, 2.24) is 4.90 Å². The summed E-state index contributed by atoms with van der Waals surface area (Å²) < 4.78 is 10.9. The molecule has 0 unspecified atom stereocenters. The van der Waals surface area contributed by atoms with Crippen LogP contribution in [0.5, 0.6) is 5.75 Å². The lowest BCUT2D eigenvalue weighted by Crippen LogP contribution is -2.47. The Labute approximate surface area is 150 Å². The van der Waals surface area contributed by atoms with Gasteiger partial charge in [0.1, 0.15) is 11.9 Å². The Kier molecular flexibility index (Phi) is 6.85. The highest BCUT2D eigenvalue weighted by molar-refractivity contribution is 5.69. The largest absolute Gasteiger partial charge is 0.497 e. The number of carbonyl (C=O) groups excluding carboxylic acids is 1. The van der Waals surface area contributed by atoms with E-state index in [1.807, 2.05) is 45.3 Å². The number of benzene rings is 1. The average Bonchev–Trinajstić information content (AvgIpc) is 2.57. The molecule has 140 valence electrons. The highest BCUT2D eigenvalue weighted by atomic mass is 16.5. The standard InChI is InChI=1S/C20H31NO4/c1-5-7-19(22)25-18-11-10-16(14-21(2)3)20(23,13-18)15-8-6-9-17(12-15)24-4/h6,8-9,12,16,18,23H,5,7,10-11,13-14H2,1-4H3/t16-,18+,20+/m0/s1. The summed E-state index contributed by atoms with van der Waals surface area (Å²) in [7, 11) is 5.65. The van der Waals surface area contributed by atoms with E-state index in [1.165, 1.54) is 0 Å². The predicted molar refractivity (Wildman–Crippen MR) is 97.6 cm³/mol. The first-order chi connectivity index (χ1) is 11.9. The van der Waals surface area contributed by atoms with E-state index in [4.69, 9.17) is 9.47 Å². The van der Waals surface area contributed by atoms with Gasteiger partial charge in [-0.15, -0.1) is 0 Å². The Hall–Kier alpha value is -1.59. The second-order valence-corrected chi connectivity index (χ2v) is 7.26. The minimum absolute atomic E-state index is 0.0794. The number of aliphatic hydroxyl groups is 1. The quantitative estimate of drug-likeness (QED) is 0.767. The first-order valence-electron chi connectivity index (χ1n) is 9.10. The van der Waals surface area contributed by atoms with Gasteiger partial charge in [0, 0.05) is 25.3 Å². The van der Waals surface area contributed by atoms with Crippen molar-refractivity contribution in [2.24, 2.45) is 5.92 Å². The van der Waals surface area contributed by atoms with E-state index in [-0.39, 0.29) is 18.0 Å². The van der Waals surface area contributed by atoms with Crippen LogP contribution in [0.2, 0.25) is 0 Å². The van der Waals surface area contributed by atoms with Crippen LogP contribution in [-0.4, -0.2) is 49.8 Å². The number of hydrogen-bond donors (Lipinski definition) is 1. The third-order valence-corrected chi connectivity index (χ3v) is 4.96. The molecule has 2 rings (SSSR count). The summed E-state index contributed by atoms with van der Waals surface area (Å²) in [4.78, 5) is 14.0. The molecule has 1 aromatic rings. The fraction of sp³-hybridized carbons (Fsp3) is 0.650. The molecule has 0 saturated heterocycles. The van der Waals surface area contributed by atoms with E-state index in [0.717, 1.165) is 37.1 Å². The Balaban J connectivity index is 2.26. The zero-order valence-electron chi connectivity index (χ0n) is 15.8. The van der Waals surface area contributed by atoms with Crippen molar-refractivity contribution in [3.05, 3.63) is 29.8 Å². The average molecular weight is 349 g/mol. The molecule has 5 nitrogen and oxygen atoms in total. The van der Waals surface area contributed by atoms with Crippen molar-refractivity contribution in [2.75, 3.05) is 27.7 Å². The number of methoxy groups -OCH3 is 1. The van der Waals surface area contributed by atoms with Crippen LogP contribution < -0.4 is 4.74 Å². The second-order valence-electron chi connectivity index (χ2n) is 7.26. The van der Waals surface area contributed by atoms with Crippen LogP contribution in [0.4, 0.5) is 0 Å². The SMILES string of the molecule is CCCC(=O)O[C@@H]1CC[C@@H](CN(C)C)[C@](O)(c2cccc(OC)c2)C1. The van der Waals surface area contributed by atoms with Gasteiger partial charge in [-0.25, -0.2) is 0 Å². The van der Waals surface area contributed by atoms with Crippen LogP contribution in [0.1, 0.15) is 44.6 Å². The smallest absolute Gasteiger partial charge is 0.306 e. The third kappa shape index (κ3) is 4.95. The van der Waals surface area contributed by atoms with Crippen LogP contribution in [0.15, 0.2) is 24.3 Å². The molecule has 0 radical (unpaired) electrons. The molecule has 1 aromatic carbocycles. The second kappa shape index (κ2) is 8.68. The molecule has 1 aliphatic rings. The van der Waals surface area contributed by atoms with Crippen LogP contribution >= 0.6 is 0 Å². The van der Waals surface area contributed by atoms with E-state index < -0.39 is 5.60 Å². The molecule has 0 heterocycles. The van der Waals surface area contributed by atoms with Crippen molar-refractivity contribution < 1.29 is 19.4 Å². The zero-order valence-corrected chi connectivity index (χ0v) is 15.8. The van der Waals surface area contributed by atoms with Crippen LogP contribution in [-0.2, 0) is 15.1 Å². The summed E-state index contributed by atoms with van der Waals surface area (Å²) in [6, 6.07) is 7.58. The number of hydrogen-bond acceptors (Lipinski definition) is 5. The van der Waals surface area contributed by atoms with Gasteiger partial charge in [-0.05, 0) is 51.1 Å². The highest BCUT2D eigenvalue weighted by Crippen LogP contribution is 2.43. The normalized spacial score (nSPS) is 26.5. The molecule has 0 aliphatic heterocycles. The van der Waals surface area contributed by atoms with E-state index >= 15 is 0 Å². The lowest BCUT2D eigenvalue weighted by molar-refractivity contribution is -0.161. The van der Waals surface area contributed by atoms with E-state index in [9.17, 15) is 9.90 Å². The Bertz CT molecular complexity index is 575. The number of carbonyl (C=O) groups is 1. The summed E-state index contributed by atoms with van der Waals surface area (Å²) in [5.41, 5.74) is -0.205. The van der Waals surface area contributed by atoms with Crippen molar-refractivity contribution >= 4 is 5.97 Å². The maximum Gasteiger partial charge on any atom is 0.306 e. The van der Waals surface area contributed by atoms with E-state index in [1.54, 1.807) is 7.11 Å². The third-order valence-electron chi connectivity index (χ3n) is 4.96. The molecule has 25 heavy (non-hydrogen) atoms. The van der Waals surface area contributed by atoms with E-state index in [0.29, 0.717) is 12.8 Å². The summed E-state index contributed by atoms with van der Waals surface area (Å²) in [5, 5.41) is 11.6.